The molecule has 1 aliphatic heterocycles. The van der Waals surface area contributed by atoms with Crippen molar-refractivity contribution >= 4 is 27.5 Å². The van der Waals surface area contributed by atoms with Crippen LogP contribution in [0.2, 0.25) is 0 Å². The summed E-state index contributed by atoms with van der Waals surface area (Å²) in [6.45, 7) is 7.57. The van der Waals surface area contributed by atoms with Crippen molar-refractivity contribution in [3.63, 3.8) is 0 Å². The zero-order chi connectivity index (χ0) is 29.3. The van der Waals surface area contributed by atoms with Crippen LogP contribution < -0.4 is 23.8 Å². The van der Waals surface area contributed by atoms with E-state index in [0.29, 0.717) is 49.1 Å². The number of benzene rings is 2. The minimum atomic E-state index is -3.63. The Balaban J connectivity index is 1.76. The van der Waals surface area contributed by atoms with Crippen LogP contribution in [0.1, 0.15) is 45.6 Å². The highest BCUT2D eigenvalue weighted by atomic mass is 32.2. The van der Waals surface area contributed by atoms with Gasteiger partial charge in [0.25, 0.3) is 0 Å². The Morgan fingerprint density at radius 1 is 1.05 bits per heavy atom. The Bertz CT molecular complexity index is 1250. The molecule has 220 valence electrons. The SMILES string of the molecule is CC[C@H](C(=O)NCC(C)C)N(Cc1ccc(OC)cc1)C(=O)CCCN(c1ccc2c(c1)OCCO2)S(C)(=O)=O. The molecule has 0 spiro atoms. The Morgan fingerprint density at radius 3 is 2.33 bits per heavy atom. The third-order valence-corrected chi connectivity index (χ3v) is 7.74. The molecule has 11 heteroatoms. The van der Waals surface area contributed by atoms with E-state index in [-0.39, 0.29) is 43.7 Å². The number of methoxy groups -OCH3 is 1. The van der Waals surface area contributed by atoms with E-state index in [1.54, 1.807) is 30.2 Å². The van der Waals surface area contributed by atoms with Crippen LogP contribution >= 0.6 is 0 Å². The number of nitrogens with one attached hydrogen (secondary N) is 1. The van der Waals surface area contributed by atoms with E-state index < -0.39 is 16.1 Å². The molecule has 0 fully saturated rings. The highest BCUT2D eigenvalue weighted by Crippen LogP contribution is 2.34. The Hall–Kier alpha value is -3.47. The summed E-state index contributed by atoms with van der Waals surface area (Å²) in [7, 11) is -2.05. The smallest absolute Gasteiger partial charge is 0.242 e. The molecule has 0 aromatic heterocycles. The zero-order valence-electron chi connectivity index (χ0n) is 24.0. The van der Waals surface area contributed by atoms with Crippen molar-refractivity contribution in [1.29, 1.82) is 0 Å². The lowest BCUT2D eigenvalue weighted by atomic mass is 10.1. The number of rotatable bonds is 14. The molecule has 1 N–H and O–H groups in total. The van der Waals surface area contributed by atoms with Gasteiger partial charge >= 0.3 is 0 Å². The van der Waals surface area contributed by atoms with E-state index in [9.17, 15) is 18.0 Å². The lowest BCUT2D eigenvalue weighted by Gasteiger charge is -2.31. The fraction of sp³-hybridized carbons (Fsp3) is 0.517. The van der Waals surface area contributed by atoms with Crippen molar-refractivity contribution in [3.8, 4) is 17.2 Å². The molecule has 40 heavy (non-hydrogen) atoms. The second-order valence-electron chi connectivity index (χ2n) is 10.2. The topological polar surface area (TPSA) is 114 Å². The summed E-state index contributed by atoms with van der Waals surface area (Å²) in [5.41, 5.74) is 1.30. The summed E-state index contributed by atoms with van der Waals surface area (Å²) in [6, 6.07) is 11.7. The Morgan fingerprint density at radius 2 is 1.73 bits per heavy atom. The molecule has 0 aliphatic carbocycles. The van der Waals surface area contributed by atoms with E-state index in [1.807, 2.05) is 45.0 Å². The highest BCUT2D eigenvalue weighted by Gasteiger charge is 2.29. The molecular formula is C29H41N3O7S. The van der Waals surface area contributed by atoms with Gasteiger partial charge in [0.1, 0.15) is 25.0 Å². The molecule has 0 saturated carbocycles. The number of carbonyl (C=O) groups is 2. The Labute approximate surface area is 237 Å². The fourth-order valence-electron chi connectivity index (χ4n) is 4.46. The number of sulfonamides is 1. The lowest BCUT2D eigenvalue weighted by Crippen LogP contribution is -2.49. The van der Waals surface area contributed by atoms with Crippen LogP contribution in [0.5, 0.6) is 17.2 Å². The molecule has 1 aliphatic rings. The van der Waals surface area contributed by atoms with E-state index in [4.69, 9.17) is 14.2 Å². The third-order valence-electron chi connectivity index (χ3n) is 6.55. The molecule has 2 aromatic rings. The van der Waals surface area contributed by atoms with Crippen LogP contribution in [0, 0.1) is 5.92 Å². The van der Waals surface area contributed by atoms with Crippen molar-refractivity contribution in [2.45, 2.75) is 52.6 Å². The summed E-state index contributed by atoms with van der Waals surface area (Å²) in [4.78, 5) is 28.3. The molecule has 1 atom stereocenters. The number of hydrogen-bond donors (Lipinski definition) is 1. The van der Waals surface area contributed by atoms with Crippen molar-refractivity contribution in [1.82, 2.24) is 10.2 Å². The van der Waals surface area contributed by atoms with Gasteiger partial charge in [-0.15, -0.1) is 0 Å². The normalized spacial score (nSPS) is 13.4. The van der Waals surface area contributed by atoms with Crippen molar-refractivity contribution < 1.29 is 32.2 Å². The number of nitrogens with zero attached hydrogens (tertiary/aromatic N) is 2. The molecule has 0 unspecified atom stereocenters. The Kier molecular flexibility index (Phi) is 11.1. The van der Waals surface area contributed by atoms with Crippen LogP contribution in [0.25, 0.3) is 0 Å². The second-order valence-corrected chi connectivity index (χ2v) is 12.1. The maximum atomic E-state index is 13.6. The molecule has 0 saturated heterocycles. The summed E-state index contributed by atoms with van der Waals surface area (Å²) in [5.74, 6) is 1.59. The molecule has 3 rings (SSSR count). The van der Waals surface area contributed by atoms with E-state index in [0.717, 1.165) is 11.8 Å². The van der Waals surface area contributed by atoms with Crippen molar-refractivity contribution in [2.24, 2.45) is 5.92 Å². The monoisotopic (exact) mass is 575 g/mol. The van der Waals surface area contributed by atoms with Gasteiger partial charge in [0.05, 0.1) is 19.1 Å². The number of carbonyl (C=O) groups excluding carboxylic acids is 2. The maximum Gasteiger partial charge on any atom is 0.242 e. The average Bonchev–Trinajstić information content (AvgIpc) is 2.93. The van der Waals surface area contributed by atoms with Gasteiger partial charge in [-0.3, -0.25) is 13.9 Å². The van der Waals surface area contributed by atoms with Gasteiger partial charge in [0.15, 0.2) is 11.5 Å². The van der Waals surface area contributed by atoms with Crippen LogP contribution in [-0.2, 0) is 26.2 Å². The van der Waals surface area contributed by atoms with Crippen LogP contribution in [0.4, 0.5) is 5.69 Å². The summed E-state index contributed by atoms with van der Waals surface area (Å²) in [6.07, 6.45) is 1.91. The first-order valence-corrected chi connectivity index (χ1v) is 15.5. The minimum Gasteiger partial charge on any atom is -0.497 e. The van der Waals surface area contributed by atoms with Gasteiger partial charge in [-0.25, -0.2) is 8.42 Å². The van der Waals surface area contributed by atoms with Gasteiger partial charge < -0.3 is 24.4 Å². The standard InChI is InChI=1S/C29H41N3O7S/c1-6-25(29(34)30-19-21(2)3)31(20-22-9-12-24(37-4)13-10-22)28(33)8-7-15-32(40(5,35)36)23-11-14-26-27(18-23)39-17-16-38-26/h9-14,18,21,25H,6-8,15-17,19-20H2,1-5H3,(H,30,34)/t25-/m1/s1. The van der Waals surface area contributed by atoms with E-state index >= 15 is 0 Å². The van der Waals surface area contributed by atoms with Crippen LogP contribution in [0.3, 0.4) is 0 Å². The van der Waals surface area contributed by atoms with Crippen LogP contribution in [0.15, 0.2) is 42.5 Å². The summed E-state index contributed by atoms with van der Waals surface area (Å²) < 4.78 is 43.0. The van der Waals surface area contributed by atoms with Gasteiger partial charge in [0, 0.05) is 32.1 Å². The lowest BCUT2D eigenvalue weighted by molar-refractivity contribution is -0.141. The second kappa shape index (κ2) is 14.2. The van der Waals surface area contributed by atoms with Gasteiger partial charge in [0.2, 0.25) is 21.8 Å². The number of amides is 2. The first kappa shape index (κ1) is 31.1. The zero-order valence-corrected chi connectivity index (χ0v) is 24.8. The summed E-state index contributed by atoms with van der Waals surface area (Å²) >= 11 is 0. The van der Waals surface area contributed by atoms with Crippen LogP contribution in [-0.4, -0.2) is 70.8 Å². The van der Waals surface area contributed by atoms with E-state index in [2.05, 4.69) is 5.32 Å². The minimum absolute atomic E-state index is 0.0701. The first-order valence-electron chi connectivity index (χ1n) is 13.6. The van der Waals surface area contributed by atoms with Crippen molar-refractivity contribution in [3.05, 3.63) is 48.0 Å². The van der Waals surface area contributed by atoms with Crippen molar-refractivity contribution in [2.75, 3.05) is 44.0 Å². The predicted molar refractivity (Wildman–Crippen MR) is 154 cm³/mol. The fourth-order valence-corrected chi connectivity index (χ4v) is 5.42. The predicted octanol–water partition coefficient (Wildman–Crippen LogP) is 3.59. The molecule has 0 radical (unpaired) electrons. The third kappa shape index (κ3) is 8.51. The molecule has 0 bridgehead atoms. The maximum absolute atomic E-state index is 13.6. The average molecular weight is 576 g/mol. The number of fused-ring (bicyclic) bond motifs is 1. The quantitative estimate of drug-likeness (QED) is 0.366. The highest BCUT2D eigenvalue weighted by molar-refractivity contribution is 7.92. The van der Waals surface area contributed by atoms with Gasteiger partial charge in [-0.1, -0.05) is 32.9 Å². The van der Waals surface area contributed by atoms with Gasteiger partial charge in [-0.05, 0) is 48.6 Å². The first-order chi connectivity index (χ1) is 19.0. The molecule has 1 heterocycles. The number of anilines is 1. The molecule has 2 amide bonds. The van der Waals surface area contributed by atoms with Gasteiger partial charge in [-0.2, -0.15) is 0 Å². The largest absolute Gasteiger partial charge is 0.497 e. The van der Waals surface area contributed by atoms with E-state index in [1.165, 1.54) is 4.31 Å². The molecule has 2 aromatic carbocycles. The number of ether oxygens (including phenoxy) is 3. The number of hydrogen-bond acceptors (Lipinski definition) is 7. The molecule has 10 nitrogen and oxygen atoms in total. The molecular weight excluding hydrogens is 534 g/mol. The summed E-state index contributed by atoms with van der Waals surface area (Å²) in [5, 5.41) is 2.95.